The number of ether oxygens (including phenoxy) is 2. The summed E-state index contributed by atoms with van der Waals surface area (Å²) < 4.78 is 11.1. The monoisotopic (exact) mass is 332 g/mol. The van der Waals surface area contributed by atoms with Gasteiger partial charge in [-0.3, -0.25) is 9.59 Å². The number of nitrogens with two attached hydrogens (primary N) is 1. The highest BCUT2D eigenvalue weighted by Gasteiger charge is 2.30. The van der Waals surface area contributed by atoms with Crippen LogP contribution in [0.2, 0.25) is 0 Å². The molecule has 2 N–H and O–H groups in total. The lowest BCUT2D eigenvalue weighted by Gasteiger charge is -2.19. The molecule has 2 amide bonds. The van der Waals surface area contributed by atoms with Crippen LogP contribution in [-0.4, -0.2) is 43.5 Å². The first kappa shape index (κ1) is 16.6. The van der Waals surface area contributed by atoms with Crippen LogP contribution in [0.3, 0.4) is 0 Å². The van der Waals surface area contributed by atoms with E-state index in [0.29, 0.717) is 49.1 Å². The van der Waals surface area contributed by atoms with Gasteiger partial charge >= 0.3 is 0 Å². The van der Waals surface area contributed by atoms with Gasteiger partial charge in [0.15, 0.2) is 0 Å². The van der Waals surface area contributed by atoms with Gasteiger partial charge in [-0.15, -0.1) is 0 Å². The molecule has 2 aliphatic rings. The van der Waals surface area contributed by atoms with Crippen molar-refractivity contribution in [2.75, 3.05) is 26.8 Å². The lowest BCUT2D eigenvalue weighted by molar-refractivity contribution is -0.118. The first-order valence-electron chi connectivity index (χ1n) is 8.45. The van der Waals surface area contributed by atoms with Crippen LogP contribution in [0.15, 0.2) is 18.2 Å². The smallest absolute Gasteiger partial charge is 0.257 e. The molecule has 24 heavy (non-hydrogen) atoms. The Labute approximate surface area is 141 Å². The third-order valence-corrected chi connectivity index (χ3v) is 4.65. The molecule has 1 unspecified atom stereocenters. The number of primary amides is 1. The van der Waals surface area contributed by atoms with Crippen LogP contribution in [0.4, 0.5) is 0 Å². The van der Waals surface area contributed by atoms with Crippen LogP contribution < -0.4 is 15.2 Å². The van der Waals surface area contributed by atoms with E-state index in [-0.39, 0.29) is 17.7 Å². The van der Waals surface area contributed by atoms with Crippen molar-refractivity contribution in [3.8, 4) is 11.5 Å². The molecule has 6 nitrogen and oxygen atoms in total. The van der Waals surface area contributed by atoms with E-state index in [1.807, 2.05) is 0 Å². The van der Waals surface area contributed by atoms with Gasteiger partial charge in [-0.2, -0.15) is 0 Å². The molecule has 1 aliphatic carbocycles. The minimum Gasteiger partial charge on any atom is -0.497 e. The van der Waals surface area contributed by atoms with E-state index in [0.717, 1.165) is 6.42 Å². The van der Waals surface area contributed by atoms with Gasteiger partial charge in [0.2, 0.25) is 5.91 Å². The molecule has 1 atom stereocenters. The molecule has 130 valence electrons. The summed E-state index contributed by atoms with van der Waals surface area (Å²) in [5, 5.41) is 0. The maximum absolute atomic E-state index is 12.8. The maximum Gasteiger partial charge on any atom is 0.257 e. The Morgan fingerprint density at radius 1 is 1.25 bits per heavy atom. The van der Waals surface area contributed by atoms with Crippen LogP contribution in [0.1, 0.15) is 36.0 Å². The van der Waals surface area contributed by atoms with Gasteiger partial charge in [0.1, 0.15) is 11.5 Å². The molecule has 1 saturated carbocycles. The minimum atomic E-state index is -0.313. The second-order valence-electron chi connectivity index (χ2n) is 6.69. The van der Waals surface area contributed by atoms with Crippen molar-refractivity contribution in [3.63, 3.8) is 0 Å². The normalized spacial score (nSPS) is 20.0. The molecule has 2 fully saturated rings. The molecule has 6 heteroatoms. The molecule has 1 aromatic carbocycles. The summed E-state index contributed by atoms with van der Waals surface area (Å²) in [5.41, 5.74) is 5.81. The third-order valence-electron chi connectivity index (χ3n) is 4.65. The van der Waals surface area contributed by atoms with Gasteiger partial charge in [0.05, 0.1) is 19.3 Å². The number of amides is 2. The second-order valence-corrected chi connectivity index (χ2v) is 6.69. The number of likely N-dealkylation sites (tertiary alicyclic amines) is 1. The fourth-order valence-electron chi connectivity index (χ4n) is 3.06. The van der Waals surface area contributed by atoms with E-state index in [1.165, 1.54) is 12.8 Å². The lowest BCUT2D eigenvalue weighted by Crippen LogP contribution is -2.29. The Morgan fingerprint density at radius 2 is 2.04 bits per heavy atom. The fraction of sp³-hybridized carbons (Fsp3) is 0.556. The van der Waals surface area contributed by atoms with Gasteiger partial charge in [0.25, 0.3) is 5.91 Å². The molecule has 3 rings (SSSR count). The molecular formula is C18H24N2O4. The van der Waals surface area contributed by atoms with Gasteiger partial charge in [-0.05, 0) is 43.2 Å². The Kier molecular flexibility index (Phi) is 4.92. The standard InChI is InChI=1S/C18H24N2O4/c1-23-14-4-5-15(16(9-14)24-11-12-2-3-12)18(22)20-7-6-13(10-20)8-17(19)21/h4-5,9,12-13H,2-3,6-8,10-11H2,1H3,(H2,19,21). The molecule has 1 aromatic rings. The average molecular weight is 332 g/mol. The SMILES string of the molecule is COc1ccc(C(=O)N2CCC(CC(N)=O)C2)c(OCC2CC2)c1. The first-order valence-corrected chi connectivity index (χ1v) is 8.45. The molecular weight excluding hydrogens is 308 g/mol. The molecule has 0 radical (unpaired) electrons. The zero-order valence-electron chi connectivity index (χ0n) is 14.0. The topological polar surface area (TPSA) is 81.9 Å². The number of hydrogen-bond donors (Lipinski definition) is 1. The number of methoxy groups -OCH3 is 1. The Balaban J connectivity index is 1.72. The van der Waals surface area contributed by atoms with Crippen molar-refractivity contribution in [2.24, 2.45) is 17.6 Å². The number of carbonyl (C=O) groups excluding carboxylic acids is 2. The van der Waals surface area contributed by atoms with Gasteiger partial charge in [-0.1, -0.05) is 0 Å². The van der Waals surface area contributed by atoms with E-state index in [2.05, 4.69) is 0 Å². The molecule has 0 spiro atoms. The second kappa shape index (κ2) is 7.11. The summed E-state index contributed by atoms with van der Waals surface area (Å²) in [7, 11) is 1.59. The molecule has 0 bridgehead atoms. The summed E-state index contributed by atoms with van der Waals surface area (Å²) in [6, 6.07) is 5.30. The highest BCUT2D eigenvalue weighted by Crippen LogP contribution is 2.33. The highest BCUT2D eigenvalue weighted by molar-refractivity contribution is 5.97. The van der Waals surface area contributed by atoms with Crippen LogP contribution in [-0.2, 0) is 4.79 Å². The Bertz CT molecular complexity index is 627. The minimum absolute atomic E-state index is 0.0598. The van der Waals surface area contributed by atoms with Crippen molar-refractivity contribution >= 4 is 11.8 Å². The molecule has 0 aromatic heterocycles. The summed E-state index contributed by atoms with van der Waals surface area (Å²) in [6.07, 6.45) is 3.52. The van der Waals surface area contributed by atoms with Gasteiger partial charge in [0, 0.05) is 25.6 Å². The number of benzene rings is 1. The molecule has 1 heterocycles. The van der Waals surface area contributed by atoms with Crippen molar-refractivity contribution in [1.82, 2.24) is 4.90 Å². The predicted octanol–water partition coefficient (Wildman–Crippen LogP) is 1.82. The lowest BCUT2D eigenvalue weighted by atomic mass is 10.1. The largest absolute Gasteiger partial charge is 0.497 e. The zero-order valence-corrected chi connectivity index (χ0v) is 14.0. The highest BCUT2D eigenvalue weighted by atomic mass is 16.5. The van der Waals surface area contributed by atoms with Crippen LogP contribution in [0, 0.1) is 11.8 Å². The number of rotatable bonds is 7. The molecule has 1 aliphatic heterocycles. The summed E-state index contributed by atoms with van der Waals surface area (Å²) in [4.78, 5) is 25.7. The van der Waals surface area contributed by atoms with Crippen molar-refractivity contribution < 1.29 is 19.1 Å². The van der Waals surface area contributed by atoms with E-state index in [9.17, 15) is 9.59 Å². The van der Waals surface area contributed by atoms with Crippen LogP contribution >= 0.6 is 0 Å². The summed E-state index contributed by atoms with van der Waals surface area (Å²) >= 11 is 0. The van der Waals surface area contributed by atoms with Crippen molar-refractivity contribution in [2.45, 2.75) is 25.7 Å². The van der Waals surface area contributed by atoms with Crippen LogP contribution in [0.25, 0.3) is 0 Å². The first-order chi connectivity index (χ1) is 11.6. The van der Waals surface area contributed by atoms with Gasteiger partial charge in [-0.25, -0.2) is 0 Å². The number of nitrogens with zero attached hydrogens (tertiary/aromatic N) is 1. The fourth-order valence-corrected chi connectivity index (χ4v) is 3.06. The Hall–Kier alpha value is -2.24. The predicted molar refractivity (Wildman–Crippen MR) is 89.0 cm³/mol. The zero-order chi connectivity index (χ0) is 17.1. The van der Waals surface area contributed by atoms with Crippen molar-refractivity contribution in [3.05, 3.63) is 23.8 Å². The molecule has 1 saturated heterocycles. The number of hydrogen-bond acceptors (Lipinski definition) is 4. The van der Waals surface area contributed by atoms with Crippen LogP contribution in [0.5, 0.6) is 11.5 Å². The van der Waals surface area contributed by atoms with E-state index >= 15 is 0 Å². The van der Waals surface area contributed by atoms with E-state index in [1.54, 1.807) is 30.2 Å². The van der Waals surface area contributed by atoms with E-state index in [4.69, 9.17) is 15.2 Å². The Morgan fingerprint density at radius 3 is 2.71 bits per heavy atom. The number of carbonyl (C=O) groups is 2. The summed E-state index contributed by atoms with van der Waals surface area (Å²) in [6.45, 7) is 1.85. The van der Waals surface area contributed by atoms with Gasteiger partial charge < -0.3 is 20.1 Å². The average Bonchev–Trinajstić information content (AvgIpc) is 3.29. The van der Waals surface area contributed by atoms with Crippen molar-refractivity contribution in [1.29, 1.82) is 0 Å². The summed E-state index contributed by atoms with van der Waals surface area (Å²) in [5.74, 6) is 1.63. The van der Waals surface area contributed by atoms with E-state index < -0.39 is 0 Å². The quantitative estimate of drug-likeness (QED) is 0.826. The maximum atomic E-state index is 12.8. The third kappa shape index (κ3) is 3.99.